The minimum Gasteiger partial charge on any atom is -0.497 e. The zero-order valence-electron chi connectivity index (χ0n) is 32.5. The van der Waals surface area contributed by atoms with Gasteiger partial charge in [-0.05, 0) is 47.0 Å². The molecule has 2 saturated heterocycles. The number of hydrogen-bond donors (Lipinski definition) is 1. The van der Waals surface area contributed by atoms with Gasteiger partial charge in [0.2, 0.25) is 11.8 Å². The lowest BCUT2D eigenvalue weighted by Gasteiger charge is -2.39. The molecule has 1 spiro atoms. The van der Waals surface area contributed by atoms with Gasteiger partial charge in [-0.3, -0.25) is 24.1 Å². The maximum Gasteiger partial charge on any atom is 0.304 e. The van der Waals surface area contributed by atoms with Crippen LogP contribution in [0.15, 0.2) is 103 Å². The quantitative estimate of drug-likeness (QED) is 0.107. The molecule has 12 heteroatoms. The van der Waals surface area contributed by atoms with Crippen LogP contribution in [0.5, 0.6) is 5.75 Å². The number of fused-ring (bicyclic) bond motifs is 2. The number of anilines is 2. The number of rotatable bonds is 13. The van der Waals surface area contributed by atoms with Crippen molar-refractivity contribution in [3.8, 4) is 5.75 Å². The molecule has 11 nitrogen and oxygen atoms in total. The van der Waals surface area contributed by atoms with E-state index in [0.29, 0.717) is 23.5 Å². The van der Waals surface area contributed by atoms with E-state index < -0.39 is 37.9 Å². The van der Waals surface area contributed by atoms with Gasteiger partial charge in [-0.1, -0.05) is 98.0 Å². The molecular formula is C44H49N3O8Si. The number of aliphatic hydroxyl groups excluding tert-OH is 1. The maximum absolute atomic E-state index is 15.4. The van der Waals surface area contributed by atoms with E-state index in [1.54, 1.807) is 23.0 Å². The minimum absolute atomic E-state index is 0.00367. The van der Waals surface area contributed by atoms with E-state index in [-0.39, 0.29) is 55.8 Å². The summed E-state index contributed by atoms with van der Waals surface area (Å²) in [6.07, 6.45) is -1.37. The Bertz CT molecular complexity index is 2100. The van der Waals surface area contributed by atoms with Crippen LogP contribution in [-0.2, 0) is 47.3 Å². The predicted octanol–water partition coefficient (Wildman–Crippen LogP) is 5.50. The number of β-lactam (4-membered cyclic amide) rings is 1. The fraction of sp³-hybridized carbons (Fsp3) is 0.364. The van der Waals surface area contributed by atoms with Gasteiger partial charge in [-0.15, -0.1) is 0 Å². The highest BCUT2D eigenvalue weighted by molar-refractivity contribution is 6.91. The Morgan fingerprint density at radius 2 is 1.61 bits per heavy atom. The highest BCUT2D eigenvalue weighted by Crippen LogP contribution is 2.60. The van der Waals surface area contributed by atoms with Crippen molar-refractivity contribution in [2.75, 3.05) is 30.1 Å². The lowest BCUT2D eigenvalue weighted by Crippen LogP contribution is -2.55. The van der Waals surface area contributed by atoms with Gasteiger partial charge in [0.15, 0.2) is 11.8 Å². The van der Waals surface area contributed by atoms with E-state index in [1.807, 2.05) is 84.9 Å². The largest absolute Gasteiger partial charge is 0.497 e. The molecular weight excluding hydrogens is 727 g/mol. The molecule has 5 atom stereocenters. The van der Waals surface area contributed by atoms with Crippen LogP contribution in [0.4, 0.5) is 11.4 Å². The fourth-order valence-electron chi connectivity index (χ4n) is 9.08. The average Bonchev–Trinajstić information content (AvgIpc) is 3.60. The molecule has 0 aromatic heterocycles. The van der Waals surface area contributed by atoms with Gasteiger partial charge in [0.25, 0.3) is 5.91 Å². The van der Waals surface area contributed by atoms with Gasteiger partial charge in [0.05, 0.1) is 53.0 Å². The number of aliphatic hydroxyl groups is 1. The molecule has 3 amide bonds. The first-order valence-corrected chi connectivity index (χ1v) is 22.2. The zero-order valence-corrected chi connectivity index (χ0v) is 33.5. The lowest BCUT2D eigenvalue weighted by atomic mass is 9.82. The van der Waals surface area contributed by atoms with Gasteiger partial charge in [0, 0.05) is 37.2 Å². The highest BCUT2D eigenvalue weighted by atomic mass is 28.3. The van der Waals surface area contributed by atoms with Crippen LogP contribution in [0.25, 0.3) is 0 Å². The summed E-state index contributed by atoms with van der Waals surface area (Å²) in [7, 11) is -0.979. The van der Waals surface area contributed by atoms with Gasteiger partial charge in [0.1, 0.15) is 5.75 Å². The molecule has 56 heavy (non-hydrogen) atoms. The van der Waals surface area contributed by atoms with Crippen molar-refractivity contribution in [3.63, 3.8) is 0 Å². The molecule has 0 radical (unpaired) electrons. The summed E-state index contributed by atoms with van der Waals surface area (Å²) in [4.78, 5) is 59.6. The second-order valence-corrected chi connectivity index (χ2v) is 20.2. The minimum atomic E-state index is -2.61. The van der Waals surface area contributed by atoms with E-state index in [0.717, 1.165) is 22.1 Å². The fourth-order valence-corrected chi connectivity index (χ4v) is 13.1. The number of amides is 3. The van der Waals surface area contributed by atoms with Gasteiger partial charge in [-0.25, -0.2) is 0 Å². The van der Waals surface area contributed by atoms with Gasteiger partial charge < -0.3 is 29.1 Å². The third-order valence-electron chi connectivity index (χ3n) is 11.8. The van der Waals surface area contributed by atoms with Crippen LogP contribution < -0.4 is 19.7 Å². The summed E-state index contributed by atoms with van der Waals surface area (Å²) in [5, 5.41) is 11.2. The first kappa shape index (κ1) is 39.0. The van der Waals surface area contributed by atoms with E-state index in [1.165, 1.54) is 11.8 Å². The van der Waals surface area contributed by atoms with Crippen molar-refractivity contribution < 1.29 is 38.5 Å². The maximum atomic E-state index is 15.4. The normalized spacial score (nSPS) is 22.9. The second kappa shape index (κ2) is 15.7. The molecule has 0 bridgehead atoms. The van der Waals surface area contributed by atoms with Crippen molar-refractivity contribution in [2.24, 2.45) is 5.92 Å². The smallest absolute Gasteiger partial charge is 0.304 e. The Hall–Kier alpha value is -5.30. The molecule has 3 aliphatic heterocycles. The number of nitrogens with zero attached hydrogens (tertiary/aromatic N) is 3. The number of hydrogen-bond acceptors (Lipinski definition) is 8. The van der Waals surface area contributed by atoms with Crippen LogP contribution in [-0.4, -0.2) is 74.4 Å². The number of carbonyl (C=O) groups is 4. The van der Waals surface area contributed by atoms with E-state index >= 15 is 4.79 Å². The number of benzene rings is 4. The van der Waals surface area contributed by atoms with Crippen LogP contribution >= 0.6 is 0 Å². The predicted molar refractivity (Wildman–Crippen MR) is 215 cm³/mol. The summed E-state index contributed by atoms with van der Waals surface area (Å²) in [5.41, 5.74) is 1.90. The van der Waals surface area contributed by atoms with Crippen molar-refractivity contribution in [1.82, 2.24) is 4.90 Å². The molecule has 292 valence electrons. The van der Waals surface area contributed by atoms with Crippen molar-refractivity contribution in [1.29, 1.82) is 0 Å². The van der Waals surface area contributed by atoms with Crippen molar-refractivity contribution in [2.45, 2.75) is 76.3 Å². The lowest BCUT2D eigenvalue weighted by molar-refractivity contribution is -0.154. The van der Waals surface area contributed by atoms with E-state index in [4.69, 9.17) is 14.2 Å². The number of carbonyl (C=O) groups excluding carboxylic acids is 4. The van der Waals surface area contributed by atoms with Crippen LogP contribution in [0, 0.1) is 5.92 Å². The van der Waals surface area contributed by atoms with Gasteiger partial charge >= 0.3 is 5.97 Å². The Kier molecular flexibility index (Phi) is 10.9. The first-order valence-electron chi connectivity index (χ1n) is 19.1. The monoisotopic (exact) mass is 775 g/mol. The molecule has 3 heterocycles. The summed E-state index contributed by atoms with van der Waals surface area (Å²) in [6.45, 7) is 8.43. The molecule has 0 saturated carbocycles. The standard InChI is InChI=1S/C44H49N3O8Si/c1-29-42(56(4,5)35-19-17-34(53-3)18-20-35)38(25-39(50)45(22-23-48)27-31-12-8-6-9-13-31)55-44(29)36-24-33(47-40(51)26-41(47)54-30(2)49)16-21-37(36)46(43(44)52)28-32-14-10-7-11-15-32/h6-21,24,29,38,41-42,48H,22-23,25-28H2,1-5H3/t29-,38+,41?,42-,44+/m0/s1. The van der Waals surface area contributed by atoms with E-state index in [2.05, 4.69) is 32.2 Å². The van der Waals surface area contributed by atoms with Crippen LogP contribution in [0.2, 0.25) is 18.6 Å². The molecule has 2 fully saturated rings. The third kappa shape index (κ3) is 7.01. The highest BCUT2D eigenvalue weighted by Gasteiger charge is 2.66. The zero-order chi connectivity index (χ0) is 39.8. The van der Waals surface area contributed by atoms with Crippen LogP contribution in [0.1, 0.15) is 43.4 Å². The molecule has 7 rings (SSSR count). The molecule has 0 aliphatic carbocycles. The second-order valence-electron chi connectivity index (χ2n) is 15.5. The molecule has 4 aromatic carbocycles. The number of esters is 1. The topological polar surface area (TPSA) is 126 Å². The summed E-state index contributed by atoms with van der Waals surface area (Å²) < 4.78 is 18.2. The number of ether oxygens (including phenoxy) is 3. The molecule has 1 N–H and O–H groups in total. The third-order valence-corrected chi connectivity index (χ3v) is 16.2. The molecule has 1 unspecified atom stereocenters. The Balaban J connectivity index is 1.34. The summed E-state index contributed by atoms with van der Waals surface area (Å²) in [5.74, 6) is -0.794. The number of methoxy groups -OCH3 is 1. The van der Waals surface area contributed by atoms with E-state index in [9.17, 15) is 19.5 Å². The Labute approximate surface area is 328 Å². The summed E-state index contributed by atoms with van der Waals surface area (Å²) >= 11 is 0. The Morgan fingerprint density at radius 1 is 0.946 bits per heavy atom. The van der Waals surface area contributed by atoms with Gasteiger partial charge in [-0.2, -0.15) is 0 Å². The van der Waals surface area contributed by atoms with Crippen molar-refractivity contribution in [3.05, 3.63) is 120 Å². The van der Waals surface area contributed by atoms with Crippen molar-refractivity contribution >= 4 is 48.3 Å². The molecule has 4 aromatic rings. The molecule has 3 aliphatic rings. The van der Waals surface area contributed by atoms with Crippen LogP contribution in [0.3, 0.4) is 0 Å². The first-order chi connectivity index (χ1) is 26.9. The average molecular weight is 776 g/mol. The SMILES string of the molecule is COc1ccc([Si](C)(C)[C@@H]2[C@@H](CC(=O)N(CCO)Cc3ccccc3)O[C@]3(C(=O)N(Cc4ccccc4)c4ccc(N5C(=O)CC5OC(C)=O)cc43)[C@H]2C)cc1. The Morgan fingerprint density at radius 3 is 2.21 bits per heavy atom. The summed E-state index contributed by atoms with van der Waals surface area (Å²) in [6, 6.07) is 32.9.